The number of anilines is 1. The number of nitrogens with one attached hydrogen (secondary N) is 1. The number of hydrogen-bond acceptors (Lipinski definition) is 6. The Morgan fingerprint density at radius 3 is 2.72 bits per heavy atom. The van der Waals surface area contributed by atoms with E-state index in [4.69, 9.17) is 0 Å². The molecule has 0 radical (unpaired) electrons. The molecule has 3 aromatic rings. The maximum atomic E-state index is 13.0. The predicted octanol–water partition coefficient (Wildman–Crippen LogP) is 2.82. The van der Waals surface area contributed by atoms with Crippen LogP contribution in [0, 0.1) is 5.82 Å². The zero-order valence-corrected chi connectivity index (χ0v) is 16.8. The van der Waals surface area contributed by atoms with Gasteiger partial charge in [0.2, 0.25) is 10.0 Å². The lowest BCUT2D eigenvalue weighted by atomic mass is 10.2. The lowest BCUT2D eigenvalue weighted by Crippen LogP contribution is -2.36. The van der Waals surface area contributed by atoms with Crippen LogP contribution in [0.3, 0.4) is 0 Å². The highest BCUT2D eigenvalue weighted by Gasteiger charge is 2.29. The Morgan fingerprint density at radius 2 is 2.00 bits per heavy atom. The van der Waals surface area contributed by atoms with E-state index in [1.807, 2.05) is 0 Å². The van der Waals surface area contributed by atoms with Crippen molar-refractivity contribution < 1.29 is 17.6 Å². The number of hydrogen-bond donors (Lipinski definition) is 1. The van der Waals surface area contributed by atoms with E-state index in [9.17, 15) is 17.6 Å². The zero-order valence-electron chi connectivity index (χ0n) is 15.2. The zero-order chi connectivity index (χ0) is 20.4. The van der Waals surface area contributed by atoms with Crippen molar-refractivity contribution in [1.82, 2.24) is 14.3 Å². The fraction of sp³-hybridized carbons (Fsp3) is 0.211. The molecule has 1 amide bonds. The van der Waals surface area contributed by atoms with Crippen molar-refractivity contribution in [2.45, 2.75) is 18.7 Å². The van der Waals surface area contributed by atoms with Gasteiger partial charge in [-0.1, -0.05) is 18.2 Å². The fourth-order valence-corrected chi connectivity index (χ4v) is 5.60. The molecule has 1 aliphatic heterocycles. The molecule has 4 rings (SSSR count). The molecular formula is C19H17FN4O3S2. The standard InChI is InChI=1S/C19H17FN4O3S2/c20-14-6-4-13(5-7-14)12-29(26,27)24-10-8-15-17(11-24)28-19(22-15)23-18(25)16-3-1-2-9-21-16/h1-7,9H,8,10-12H2,(H,22,23,25). The van der Waals surface area contributed by atoms with Crippen molar-refractivity contribution in [2.24, 2.45) is 0 Å². The number of sulfonamides is 1. The predicted molar refractivity (Wildman–Crippen MR) is 107 cm³/mol. The summed E-state index contributed by atoms with van der Waals surface area (Å²) in [5.41, 5.74) is 1.61. The number of nitrogens with zero attached hydrogens (tertiary/aromatic N) is 3. The van der Waals surface area contributed by atoms with Gasteiger partial charge in [-0.2, -0.15) is 4.31 Å². The van der Waals surface area contributed by atoms with E-state index in [0.717, 1.165) is 10.6 Å². The number of thiazole rings is 1. The molecule has 29 heavy (non-hydrogen) atoms. The van der Waals surface area contributed by atoms with Gasteiger partial charge in [0.25, 0.3) is 5.91 Å². The Bertz CT molecular complexity index is 1130. The molecule has 0 bridgehead atoms. The Balaban J connectivity index is 1.46. The second kappa shape index (κ2) is 7.97. The summed E-state index contributed by atoms with van der Waals surface area (Å²) < 4.78 is 40.0. The normalized spacial score (nSPS) is 14.4. The van der Waals surface area contributed by atoms with Crippen molar-refractivity contribution in [3.05, 3.63) is 76.3 Å². The van der Waals surface area contributed by atoms with Gasteiger partial charge in [0.15, 0.2) is 5.13 Å². The second-order valence-corrected chi connectivity index (χ2v) is 9.58. The molecule has 0 aliphatic carbocycles. The summed E-state index contributed by atoms with van der Waals surface area (Å²) in [6.07, 6.45) is 2.00. The van der Waals surface area contributed by atoms with Crippen LogP contribution in [-0.4, -0.2) is 35.1 Å². The van der Waals surface area contributed by atoms with Gasteiger partial charge in [-0.05, 0) is 29.8 Å². The number of halogens is 1. The van der Waals surface area contributed by atoms with Crippen molar-refractivity contribution in [2.75, 3.05) is 11.9 Å². The van der Waals surface area contributed by atoms with Crippen LogP contribution in [0.1, 0.15) is 26.6 Å². The summed E-state index contributed by atoms with van der Waals surface area (Å²) in [7, 11) is -3.56. The highest BCUT2D eigenvalue weighted by molar-refractivity contribution is 7.88. The van der Waals surface area contributed by atoms with Crippen molar-refractivity contribution in [3.8, 4) is 0 Å². The van der Waals surface area contributed by atoms with Gasteiger partial charge in [-0.25, -0.2) is 17.8 Å². The Labute approximate surface area is 171 Å². The highest BCUT2D eigenvalue weighted by Crippen LogP contribution is 2.30. The summed E-state index contributed by atoms with van der Waals surface area (Å²) in [5, 5.41) is 3.14. The third-order valence-electron chi connectivity index (χ3n) is 4.47. The van der Waals surface area contributed by atoms with E-state index in [1.54, 1.807) is 18.2 Å². The maximum Gasteiger partial charge on any atom is 0.276 e. The summed E-state index contributed by atoms with van der Waals surface area (Å²) in [5.74, 6) is -0.957. The van der Waals surface area contributed by atoms with Gasteiger partial charge in [0, 0.05) is 30.6 Å². The van der Waals surface area contributed by atoms with E-state index < -0.39 is 15.8 Å². The third kappa shape index (κ3) is 4.50. The number of carbonyl (C=O) groups is 1. The molecule has 0 saturated heterocycles. The summed E-state index contributed by atoms with van der Waals surface area (Å²) in [4.78, 5) is 21.5. The topological polar surface area (TPSA) is 92.3 Å². The first-order valence-electron chi connectivity index (χ1n) is 8.84. The quantitative estimate of drug-likeness (QED) is 0.669. The average molecular weight is 433 g/mol. The lowest BCUT2D eigenvalue weighted by molar-refractivity contribution is 0.102. The Hall–Kier alpha value is -2.69. The smallest absolute Gasteiger partial charge is 0.276 e. The van der Waals surface area contributed by atoms with Gasteiger partial charge in [-0.15, -0.1) is 11.3 Å². The Kier molecular flexibility index (Phi) is 5.39. The van der Waals surface area contributed by atoms with Crippen LogP contribution in [-0.2, 0) is 28.7 Å². The molecule has 0 saturated carbocycles. The first-order valence-corrected chi connectivity index (χ1v) is 11.3. The minimum atomic E-state index is -3.56. The van der Waals surface area contributed by atoms with Crippen LogP contribution in [0.4, 0.5) is 9.52 Å². The van der Waals surface area contributed by atoms with E-state index in [0.29, 0.717) is 23.7 Å². The summed E-state index contributed by atoms with van der Waals surface area (Å²) >= 11 is 1.26. The number of rotatable bonds is 5. The fourth-order valence-electron chi connectivity index (χ4n) is 3.00. The number of amides is 1. The molecule has 10 heteroatoms. The molecule has 0 spiro atoms. The van der Waals surface area contributed by atoms with Crippen LogP contribution in [0.5, 0.6) is 0 Å². The minimum Gasteiger partial charge on any atom is -0.296 e. The molecule has 3 heterocycles. The molecule has 7 nitrogen and oxygen atoms in total. The number of aromatic nitrogens is 2. The van der Waals surface area contributed by atoms with Crippen LogP contribution in [0.25, 0.3) is 0 Å². The molecule has 1 aromatic carbocycles. The average Bonchev–Trinajstić information content (AvgIpc) is 3.11. The number of fused-ring (bicyclic) bond motifs is 1. The monoisotopic (exact) mass is 432 g/mol. The largest absolute Gasteiger partial charge is 0.296 e. The molecule has 0 fully saturated rings. The van der Waals surface area contributed by atoms with E-state index in [1.165, 1.54) is 46.1 Å². The maximum absolute atomic E-state index is 13.0. The van der Waals surface area contributed by atoms with Crippen molar-refractivity contribution in [1.29, 1.82) is 0 Å². The molecule has 150 valence electrons. The number of carbonyl (C=O) groups excluding carboxylic acids is 1. The van der Waals surface area contributed by atoms with Crippen molar-refractivity contribution >= 4 is 32.4 Å². The van der Waals surface area contributed by atoms with Crippen LogP contribution < -0.4 is 5.32 Å². The van der Waals surface area contributed by atoms with Gasteiger partial charge in [0.1, 0.15) is 11.5 Å². The molecule has 0 atom stereocenters. The molecule has 1 N–H and O–H groups in total. The van der Waals surface area contributed by atoms with E-state index in [-0.39, 0.29) is 23.9 Å². The van der Waals surface area contributed by atoms with Gasteiger partial charge in [-0.3, -0.25) is 15.1 Å². The summed E-state index contributed by atoms with van der Waals surface area (Å²) in [6, 6.07) is 10.5. The molecule has 1 aliphatic rings. The molecular weight excluding hydrogens is 415 g/mol. The SMILES string of the molecule is O=C(Nc1nc2c(s1)CN(S(=O)(=O)Cc1ccc(F)cc1)CC2)c1ccccn1. The number of benzene rings is 1. The first kappa shape index (κ1) is 19.6. The van der Waals surface area contributed by atoms with Crippen LogP contribution in [0.15, 0.2) is 48.7 Å². The lowest BCUT2D eigenvalue weighted by Gasteiger charge is -2.25. The number of pyridine rings is 1. The van der Waals surface area contributed by atoms with Crippen LogP contribution in [0.2, 0.25) is 0 Å². The Morgan fingerprint density at radius 1 is 1.21 bits per heavy atom. The minimum absolute atomic E-state index is 0.190. The van der Waals surface area contributed by atoms with E-state index in [2.05, 4.69) is 15.3 Å². The van der Waals surface area contributed by atoms with Crippen molar-refractivity contribution in [3.63, 3.8) is 0 Å². The molecule has 0 unspecified atom stereocenters. The van der Waals surface area contributed by atoms with Gasteiger partial charge < -0.3 is 0 Å². The van der Waals surface area contributed by atoms with Crippen LogP contribution >= 0.6 is 11.3 Å². The first-order chi connectivity index (χ1) is 13.9. The molecule has 2 aromatic heterocycles. The highest BCUT2D eigenvalue weighted by atomic mass is 32.2. The van der Waals surface area contributed by atoms with Gasteiger partial charge in [0.05, 0.1) is 11.4 Å². The summed E-state index contributed by atoms with van der Waals surface area (Å²) in [6.45, 7) is 0.518. The van der Waals surface area contributed by atoms with Gasteiger partial charge >= 0.3 is 0 Å². The second-order valence-electron chi connectivity index (χ2n) is 6.52. The third-order valence-corrected chi connectivity index (χ3v) is 7.26. The van der Waals surface area contributed by atoms with E-state index >= 15 is 0 Å².